The minimum absolute atomic E-state index is 0.0220. The van der Waals surface area contributed by atoms with Crippen LogP contribution in [0.15, 0.2) is 18.2 Å². The van der Waals surface area contributed by atoms with E-state index in [0.29, 0.717) is 6.61 Å². The van der Waals surface area contributed by atoms with Crippen LogP contribution in [0.1, 0.15) is 24.0 Å². The van der Waals surface area contributed by atoms with Crippen LogP contribution in [0.25, 0.3) is 0 Å². The second-order valence-electron chi connectivity index (χ2n) is 4.24. The highest BCUT2D eigenvalue weighted by molar-refractivity contribution is 5.95. The largest absolute Gasteiger partial charge is 0.368 e. The molecular weight excluding hydrogens is 202 g/mol. The molecule has 0 bridgehead atoms. The minimum atomic E-state index is -0.264. The van der Waals surface area contributed by atoms with Crippen LogP contribution in [-0.4, -0.2) is 18.6 Å². The maximum Gasteiger partial charge on any atom is 0.253 e. The number of carbonyl (C=O) groups is 1. The molecule has 1 fully saturated rings. The number of benzene rings is 1. The van der Waals surface area contributed by atoms with Crippen molar-refractivity contribution in [1.29, 1.82) is 0 Å². The molecule has 0 aliphatic carbocycles. The quantitative estimate of drug-likeness (QED) is 0.829. The lowest BCUT2D eigenvalue weighted by Gasteiger charge is -2.13. The van der Waals surface area contributed by atoms with Crippen LogP contribution >= 0.6 is 0 Å². The van der Waals surface area contributed by atoms with Gasteiger partial charge in [-0.1, -0.05) is 12.1 Å². The van der Waals surface area contributed by atoms with Crippen LogP contribution in [-0.2, 0) is 9.53 Å². The van der Waals surface area contributed by atoms with Gasteiger partial charge in [-0.05, 0) is 43.9 Å². The first kappa shape index (κ1) is 11.1. The molecule has 3 nitrogen and oxygen atoms in total. The Hall–Kier alpha value is -1.35. The smallest absolute Gasteiger partial charge is 0.253 e. The van der Waals surface area contributed by atoms with Gasteiger partial charge in [-0.2, -0.15) is 0 Å². The van der Waals surface area contributed by atoms with E-state index >= 15 is 0 Å². The highest BCUT2D eigenvalue weighted by Crippen LogP contribution is 2.20. The van der Waals surface area contributed by atoms with Crippen LogP contribution in [0.4, 0.5) is 5.69 Å². The average molecular weight is 219 g/mol. The zero-order chi connectivity index (χ0) is 11.5. The number of carbonyl (C=O) groups excluding carboxylic acids is 1. The fourth-order valence-corrected chi connectivity index (χ4v) is 1.88. The summed E-state index contributed by atoms with van der Waals surface area (Å²) in [6, 6.07) is 5.92. The number of amides is 1. The van der Waals surface area contributed by atoms with Gasteiger partial charge in [0, 0.05) is 12.3 Å². The van der Waals surface area contributed by atoms with Crippen LogP contribution in [0.3, 0.4) is 0 Å². The topological polar surface area (TPSA) is 38.3 Å². The Morgan fingerprint density at radius 2 is 2.25 bits per heavy atom. The summed E-state index contributed by atoms with van der Waals surface area (Å²) in [4.78, 5) is 11.8. The maximum absolute atomic E-state index is 11.8. The van der Waals surface area contributed by atoms with Crippen LogP contribution in [0, 0.1) is 13.8 Å². The number of ether oxygens (including phenoxy) is 1. The van der Waals surface area contributed by atoms with Crippen molar-refractivity contribution in [3.05, 3.63) is 29.3 Å². The molecule has 1 aliphatic rings. The van der Waals surface area contributed by atoms with E-state index in [2.05, 4.69) is 5.32 Å². The molecule has 2 rings (SSSR count). The molecule has 1 aromatic carbocycles. The maximum atomic E-state index is 11.8. The van der Waals surface area contributed by atoms with Gasteiger partial charge < -0.3 is 10.1 Å². The Bertz CT molecular complexity index is 395. The van der Waals surface area contributed by atoms with Crippen molar-refractivity contribution in [2.24, 2.45) is 0 Å². The summed E-state index contributed by atoms with van der Waals surface area (Å²) in [6.07, 6.45) is 1.54. The monoisotopic (exact) mass is 219 g/mol. The van der Waals surface area contributed by atoms with E-state index in [-0.39, 0.29) is 12.0 Å². The number of rotatable bonds is 2. The molecule has 1 atom stereocenters. The highest BCUT2D eigenvalue weighted by Gasteiger charge is 2.23. The number of hydrogen-bond donors (Lipinski definition) is 1. The van der Waals surface area contributed by atoms with Crippen molar-refractivity contribution in [3.63, 3.8) is 0 Å². The van der Waals surface area contributed by atoms with E-state index in [9.17, 15) is 4.79 Å². The fraction of sp³-hybridized carbons (Fsp3) is 0.462. The predicted octanol–water partition coefficient (Wildman–Crippen LogP) is 2.42. The SMILES string of the molecule is Cc1cccc(NC(=O)[C@@H]2CCCO2)c1C. The van der Waals surface area contributed by atoms with Crippen LogP contribution in [0.5, 0.6) is 0 Å². The standard InChI is InChI=1S/C13H17NO2/c1-9-5-3-6-11(10(9)2)14-13(15)12-7-4-8-16-12/h3,5-6,12H,4,7-8H2,1-2H3,(H,14,15)/t12-/m0/s1. The first-order valence-corrected chi connectivity index (χ1v) is 5.67. The van der Waals surface area contributed by atoms with Crippen molar-refractivity contribution in [3.8, 4) is 0 Å². The molecule has 1 aromatic rings. The summed E-state index contributed by atoms with van der Waals surface area (Å²) in [6.45, 7) is 4.75. The molecule has 86 valence electrons. The third kappa shape index (κ3) is 2.25. The van der Waals surface area contributed by atoms with Gasteiger partial charge in [-0.15, -0.1) is 0 Å². The van der Waals surface area contributed by atoms with Gasteiger partial charge in [-0.3, -0.25) is 4.79 Å². The molecule has 3 heteroatoms. The van der Waals surface area contributed by atoms with E-state index in [4.69, 9.17) is 4.74 Å². The van der Waals surface area contributed by atoms with Gasteiger partial charge in [0.15, 0.2) is 0 Å². The van der Waals surface area contributed by atoms with E-state index in [1.165, 1.54) is 5.56 Å². The third-order valence-corrected chi connectivity index (χ3v) is 3.08. The molecule has 1 aliphatic heterocycles. The molecule has 0 unspecified atom stereocenters. The van der Waals surface area contributed by atoms with Crippen molar-refractivity contribution in [2.45, 2.75) is 32.8 Å². The van der Waals surface area contributed by atoms with E-state index < -0.39 is 0 Å². The summed E-state index contributed by atoms with van der Waals surface area (Å²) in [5, 5.41) is 2.93. The van der Waals surface area contributed by atoms with Gasteiger partial charge in [0.2, 0.25) is 0 Å². The molecule has 0 aromatic heterocycles. The van der Waals surface area contributed by atoms with E-state index in [1.54, 1.807) is 0 Å². The lowest BCUT2D eigenvalue weighted by atomic mass is 10.1. The van der Waals surface area contributed by atoms with Gasteiger partial charge >= 0.3 is 0 Å². The van der Waals surface area contributed by atoms with Crippen molar-refractivity contribution in [2.75, 3.05) is 11.9 Å². The molecule has 0 saturated carbocycles. The molecule has 1 heterocycles. The van der Waals surface area contributed by atoms with Gasteiger partial charge in [0.1, 0.15) is 6.10 Å². The average Bonchev–Trinajstić information content (AvgIpc) is 2.78. The van der Waals surface area contributed by atoms with Gasteiger partial charge in [0.25, 0.3) is 5.91 Å². The molecule has 1 N–H and O–H groups in total. The Kier molecular flexibility index (Phi) is 3.25. The molecular formula is C13H17NO2. The molecule has 0 radical (unpaired) electrons. The zero-order valence-corrected chi connectivity index (χ0v) is 9.75. The minimum Gasteiger partial charge on any atom is -0.368 e. The number of nitrogens with one attached hydrogen (secondary N) is 1. The van der Waals surface area contributed by atoms with E-state index in [0.717, 1.165) is 24.1 Å². The third-order valence-electron chi connectivity index (χ3n) is 3.08. The first-order chi connectivity index (χ1) is 7.68. The molecule has 0 spiro atoms. The highest BCUT2D eigenvalue weighted by atomic mass is 16.5. The summed E-state index contributed by atoms with van der Waals surface area (Å²) in [5.41, 5.74) is 3.19. The Balaban J connectivity index is 2.08. The van der Waals surface area contributed by atoms with Crippen molar-refractivity contribution >= 4 is 11.6 Å². The molecule has 1 amide bonds. The first-order valence-electron chi connectivity index (χ1n) is 5.67. The van der Waals surface area contributed by atoms with Gasteiger partial charge in [-0.25, -0.2) is 0 Å². The Morgan fingerprint density at radius 1 is 1.44 bits per heavy atom. The normalized spacial score (nSPS) is 19.8. The number of aryl methyl sites for hydroxylation is 1. The lowest BCUT2D eigenvalue weighted by molar-refractivity contribution is -0.124. The lowest BCUT2D eigenvalue weighted by Crippen LogP contribution is -2.27. The second-order valence-corrected chi connectivity index (χ2v) is 4.24. The second kappa shape index (κ2) is 4.66. The van der Waals surface area contributed by atoms with Crippen molar-refractivity contribution in [1.82, 2.24) is 0 Å². The van der Waals surface area contributed by atoms with Crippen LogP contribution < -0.4 is 5.32 Å². The summed E-state index contributed by atoms with van der Waals surface area (Å²) in [7, 11) is 0. The van der Waals surface area contributed by atoms with Crippen LogP contribution in [0.2, 0.25) is 0 Å². The Morgan fingerprint density at radius 3 is 2.94 bits per heavy atom. The van der Waals surface area contributed by atoms with Crippen molar-refractivity contribution < 1.29 is 9.53 Å². The molecule has 16 heavy (non-hydrogen) atoms. The predicted molar refractivity (Wildman–Crippen MR) is 63.5 cm³/mol. The fourth-order valence-electron chi connectivity index (χ4n) is 1.88. The summed E-state index contributed by atoms with van der Waals surface area (Å²) >= 11 is 0. The number of anilines is 1. The Labute approximate surface area is 95.8 Å². The molecule has 1 saturated heterocycles. The summed E-state index contributed by atoms with van der Waals surface area (Å²) in [5.74, 6) is -0.0220. The zero-order valence-electron chi connectivity index (χ0n) is 9.75. The van der Waals surface area contributed by atoms with E-state index in [1.807, 2.05) is 32.0 Å². The number of hydrogen-bond acceptors (Lipinski definition) is 2. The van der Waals surface area contributed by atoms with Gasteiger partial charge in [0.05, 0.1) is 0 Å². The summed E-state index contributed by atoms with van der Waals surface area (Å²) < 4.78 is 5.35.